The molecule has 0 saturated carbocycles. The standard InChI is InChI=1S/C10H8O6/c1-5(16-13)15-6-2-7(11)10-8(12)4-14-9(10)3-6/h2-3,11,13H,1,4H2. The van der Waals surface area contributed by atoms with E-state index >= 15 is 0 Å². The molecule has 6 heteroatoms. The number of benzene rings is 1. The Morgan fingerprint density at radius 3 is 2.94 bits per heavy atom. The van der Waals surface area contributed by atoms with Gasteiger partial charge in [0.1, 0.15) is 22.8 Å². The van der Waals surface area contributed by atoms with E-state index < -0.39 is 0 Å². The molecule has 0 amide bonds. The van der Waals surface area contributed by atoms with E-state index in [1.807, 2.05) is 0 Å². The van der Waals surface area contributed by atoms with Crippen molar-refractivity contribution in [3.05, 3.63) is 30.2 Å². The van der Waals surface area contributed by atoms with Gasteiger partial charge in [-0.25, -0.2) is 0 Å². The van der Waals surface area contributed by atoms with Crippen molar-refractivity contribution in [1.29, 1.82) is 0 Å². The zero-order valence-electron chi connectivity index (χ0n) is 8.10. The summed E-state index contributed by atoms with van der Waals surface area (Å²) in [5.41, 5.74) is 0.128. The van der Waals surface area contributed by atoms with Crippen molar-refractivity contribution >= 4 is 5.78 Å². The van der Waals surface area contributed by atoms with Crippen LogP contribution in [0.5, 0.6) is 17.2 Å². The molecule has 84 valence electrons. The van der Waals surface area contributed by atoms with Gasteiger partial charge in [0.25, 0.3) is 0 Å². The highest BCUT2D eigenvalue weighted by molar-refractivity contribution is 6.04. The number of phenols is 1. The number of fused-ring (bicyclic) bond motifs is 1. The van der Waals surface area contributed by atoms with E-state index in [1.54, 1.807) is 0 Å². The molecule has 2 rings (SSSR count). The molecule has 1 aliphatic rings. The largest absolute Gasteiger partial charge is 0.507 e. The summed E-state index contributed by atoms with van der Waals surface area (Å²) in [6.07, 6.45) is 0. The third-order valence-corrected chi connectivity index (χ3v) is 2.03. The van der Waals surface area contributed by atoms with Crippen molar-refractivity contribution in [3.8, 4) is 17.2 Å². The maximum atomic E-state index is 11.3. The van der Waals surface area contributed by atoms with Crippen LogP contribution < -0.4 is 9.47 Å². The molecule has 1 aliphatic heterocycles. The molecule has 0 aliphatic carbocycles. The van der Waals surface area contributed by atoms with Crippen molar-refractivity contribution < 1.29 is 29.5 Å². The number of aromatic hydroxyl groups is 1. The predicted molar refractivity (Wildman–Crippen MR) is 51.4 cm³/mol. The van der Waals surface area contributed by atoms with Crippen molar-refractivity contribution in [1.82, 2.24) is 0 Å². The third kappa shape index (κ3) is 1.66. The fraction of sp³-hybridized carbons (Fsp3) is 0.100. The quantitative estimate of drug-likeness (QED) is 0.457. The molecule has 6 nitrogen and oxygen atoms in total. The van der Waals surface area contributed by atoms with E-state index in [0.717, 1.165) is 0 Å². The van der Waals surface area contributed by atoms with Gasteiger partial charge in [-0.05, 0) is 6.58 Å². The molecule has 0 spiro atoms. The lowest BCUT2D eigenvalue weighted by Gasteiger charge is -2.07. The topological polar surface area (TPSA) is 85.2 Å². The summed E-state index contributed by atoms with van der Waals surface area (Å²) in [6.45, 7) is 3.12. The number of rotatable bonds is 3. The highest BCUT2D eigenvalue weighted by Crippen LogP contribution is 2.37. The average Bonchev–Trinajstić information content (AvgIpc) is 2.60. The first-order valence-corrected chi connectivity index (χ1v) is 4.33. The molecule has 1 aromatic carbocycles. The Hall–Kier alpha value is -2.21. The molecule has 0 fully saturated rings. The number of hydrogen-bond donors (Lipinski definition) is 2. The summed E-state index contributed by atoms with van der Waals surface area (Å²) in [6, 6.07) is 2.60. The van der Waals surface area contributed by atoms with Crippen molar-refractivity contribution in [2.75, 3.05) is 6.61 Å². The second-order valence-corrected chi connectivity index (χ2v) is 3.09. The number of ketones is 1. The first kappa shape index (κ1) is 10.3. The molecular weight excluding hydrogens is 216 g/mol. The molecular formula is C10H8O6. The minimum atomic E-state index is -0.358. The second-order valence-electron chi connectivity index (χ2n) is 3.09. The number of carbonyl (C=O) groups is 1. The van der Waals surface area contributed by atoms with Crippen LogP contribution in [0.15, 0.2) is 24.7 Å². The van der Waals surface area contributed by atoms with Crippen LogP contribution in [0.25, 0.3) is 0 Å². The zero-order valence-corrected chi connectivity index (χ0v) is 8.10. The first-order valence-electron chi connectivity index (χ1n) is 4.33. The van der Waals surface area contributed by atoms with Crippen LogP contribution in [-0.2, 0) is 4.89 Å². The number of Topliss-reactive ketones (excluding diaryl/α,β-unsaturated/α-hetero) is 1. The van der Waals surface area contributed by atoms with Crippen LogP contribution in [-0.4, -0.2) is 22.8 Å². The summed E-state index contributed by atoms with van der Waals surface area (Å²) < 4.78 is 9.91. The van der Waals surface area contributed by atoms with Crippen LogP contribution in [0.4, 0.5) is 0 Å². The van der Waals surface area contributed by atoms with Gasteiger partial charge in [-0.15, -0.1) is 0 Å². The minimum absolute atomic E-state index is 0.107. The van der Waals surface area contributed by atoms with E-state index in [0.29, 0.717) is 0 Å². The summed E-state index contributed by atoms with van der Waals surface area (Å²) in [5.74, 6) is -0.531. The van der Waals surface area contributed by atoms with E-state index in [9.17, 15) is 9.90 Å². The summed E-state index contributed by atoms with van der Waals surface area (Å²) in [5, 5.41) is 17.8. The number of hydrogen-bond acceptors (Lipinski definition) is 6. The fourth-order valence-corrected chi connectivity index (χ4v) is 1.39. The summed E-state index contributed by atoms with van der Waals surface area (Å²) >= 11 is 0. The Morgan fingerprint density at radius 1 is 1.50 bits per heavy atom. The van der Waals surface area contributed by atoms with Crippen molar-refractivity contribution in [2.45, 2.75) is 0 Å². The lowest BCUT2D eigenvalue weighted by atomic mass is 10.1. The number of carbonyl (C=O) groups excluding carboxylic acids is 1. The lowest BCUT2D eigenvalue weighted by Crippen LogP contribution is -1.99. The van der Waals surface area contributed by atoms with Gasteiger partial charge >= 0.3 is 5.95 Å². The van der Waals surface area contributed by atoms with Gasteiger partial charge in [-0.1, -0.05) is 0 Å². The molecule has 0 atom stereocenters. The molecule has 16 heavy (non-hydrogen) atoms. The van der Waals surface area contributed by atoms with Gasteiger partial charge in [-0.3, -0.25) is 4.79 Å². The molecule has 0 radical (unpaired) electrons. The molecule has 0 unspecified atom stereocenters. The highest BCUT2D eigenvalue weighted by Gasteiger charge is 2.26. The maximum Gasteiger partial charge on any atom is 0.314 e. The molecule has 2 N–H and O–H groups in total. The van der Waals surface area contributed by atoms with Crippen LogP contribution in [0.1, 0.15) is 10.4 Å². The SMILES string of the molecule is C=C(OO)Oc1cc(O)c2c(c1)OCC2=O. The van der Waals surface area contributed by atoms with Crippen LogP contribution in [0.3, 0.4) is 0 Å². The monoisotopic (exact) mass is 224 g/mol. The van der Waals surface area contributed by atoms with Gasteiger partial charge in [0, 0.05) is 12.1 Å². The maximum absolute atomic E-state index is 11.3. The van der Waals surface area contributed by atoms with E-state index in [-0.39, 0.29) is 41.1 Å². The second kappa shape index (κ2) is 3.74. The van der Waals surface area contributed by atoms with Gasteiger partial charge in [0.2, 0.25) is 5.78 Å². The van der Waals surface area contributed by atoms with Gasteiger partial charge < -0.3 is 19.5 Å². The van der Waals surface area contributed by atoms with E-state index in [4.69, 9.17) is 14.7 Å². The number of phenolic OH excluding ortho intramolecular Hbond substituents is 1. The third-order valence-electron chi connectivity index (χ3n) is 2.03. The molecule has 0 aromatic heterocycles. The van der Waals surface area contributed by atoms with Gasteiger partial charge in [0.15, 0.2) is 6.61 Å². The molecule has 1 aromatic rings. The molecule has 0 saturated heterocycles. The van der Waals surface area contributed by atoms with Gasteiger partial charge in [-0.2, -0.15) is 5.26 Å². The Labute approximate surface area is 90.2 Å². The van der Waals surface area contributed by atoms with Gasteiger partial charge in [0.05, 0.1) is 0 Å². The van der Waals surface area contributed by atoms with Crippen LogP contribution in [0.2, 0.25) is 0 Å². The Balaban J connectivity index is 2.35. The predicted octanol–water partition coefficient (Wildman–Crippen LogP) is 1.31. The van der Waals surface area contributed by atoms with Crippen molar-refractivity contribution in [3.63, 3.8) is 0 Å². The zero-order chi connectivity index (χ0) is 11.7. The Bertz CT molecular complexity index is 465. The van der Waals surface area contributed by atoms with Crippen LogP contribution in [0, 0.1) is 0 Å². The summed E-state index contributed by atoms with van der Waals surface area (Å²) in [4.78, 5) is 15.0. The first-order chi connectivity index (χ1) is 7.61. The van der Waals surface area contributed by atoms with E-state index in [2.05, 4.69) is 11.5 Å². The molecule has 0 bridgehead atoms. The average molecular weight is 224 g/mol. The number of ether oxygens (including phenoxy) is 2. The fourth-order valence-electron chi connectivity index (χ4n) is 1.39. The Kier molecular flexibility index (Phi) is 2.41. The lowest BCUT2D eigenvalue weighted by molar-refractivity contribution is -0.230. The van der Waals surface area contributed by atoms with Crippen LogP contribution >= 0.6 is 0 Å². The van der Waals surface area contributed by atoms with Crippen molar-refractivity contribution in [2.24, 2.45) is 0 Å². The summed E-state index contributed by atoms with van der Waals surface area (Å²) in [7, 11) is 0. The Morgan fingerprint density at radius 2 is 2.25 bits per heavy atom. The molecule has 1 heterocycles. The normalized spacial score (nSPS) is 12.9. The smallest absolute Gasteiger partial charge is 0.314 e. The highest BCUT2D eigenvalue weighted by atomic mass is 17.1. The minimum Gasteiger partial charge on any atom is -0.507 e. The van der Waals surface area contributed by atoms with E-state index in [1.165, 1.54) is 12.1 Å².